The minimum atomic E-state index is -5.88. The smallest absolute Gasteiger partial charge is 0.395 e. The van der Waals surface area contributed by atoms with Crippen molar-refractivity contribution >= 4 is 37.1 Å². The van der Waals surface area contributed by atoms with Crippen LogP contribution in [0.5, 0.6) is 0 Å². The second-order valence-electron chi connectivity index (χ2n) is 6.40. The number of sulfonamides is 1. The van der Waals surface area contributed by atoms with E-state index >= 15 is 0 Å². The fourth-order valence-electron chi connectivity index (χ4n) is 2.44. The fraction of sp³-hybridized carbons (Fsp3) is 0.467. The molecule has 2 aromatic rings. The van der Waals surface area contributed by atoms with Crippen LogP contribution in [-0.4, -0.2) is 49.7 Å². The first kappa shape index (κ1) is 24.5. The second-order valence-corrected chi connectivity index (χ2v) is 10.8. The molecule has 1 aromatic carbocycles. The molecule has 0 saturated heterocycles. The molecule has 0 bridgehead atoms. The van der Waals surface area contributed by atoms with Gasteiger partial charge in [-0.25, -0.2) is 21.6 Å². The summed E-state index contributed by atoms with van der Waals surface area (Å²) in [5, 5.41) is 15.5. The number of aromatic nitrogens is 2. The summed E-state index contributed by atoms with van der Waals surface area (Å²) in [5.74, 6) is 0. The highest BCUT2D eigenvalue weighted by Crippen LogP contribution is 2.37. The summed E-state index contributed by atoms with van der Waals surface area (Å²) in [6.45, 7) is 3.97. The number of aryl methyl sites for hydroxylation is 1. The normalized spacial score (nSPS) is 15.0. The number of anilines is 1. The lowest BCUT2D eigenvalue weighted by Crippen LogP contribution is -2.35. The summed E-state index contributed by atoms with van der Waals surface area (Å²) in [7, 11) is -10.3. The first-order chi connectivity index (χ1) is 13.7. The molecule has 0 aliphatic heterocycles. The Balaban J connectivity index is 2.59. The molecule has 0 aliphatic carbocycles. The molecule has 2 atom stereocenters. The summed E-state index contributed by atoms with van der Waals surface area (Å²) >= 11 is 0.988. The highest BCUT2D eigenvalue weighted by molar-refractivity contribution is 7.92. The van der Waals surface area contributed by atoms with Gasteiger partial charge < -0.3 is 10.4 Å². The zero-order chi connectivity index (χ0) is 22.9. The Kier molecular flexibility index (Phi) is 7.13. The third-order valence-electron chi connectivity index (χ3n) is 3.94. The van der Waals surface area contributed by atoms with Crippen LogP contribution in [0.25, 0.3) is 0 Å². The van der Waals surface area contributed by atoms with E-state index in [9.17, 15) is 30.0 Å². The highest BCUT2D eigenvalue weighted by Gasteiger charge is 2.48. The lowest BCUT2D eigenvalue weighted by atomic mass is 10.2. The number of hydrogen-bond acceptors (Lipinski definition) is 9. The van der Waals surface area contributed by atoms with E-state index in [0.717, 1.165) is 23.7 Å². The largest absolute Gasteiger partial charge is 0.501 e. The molecule has 0 saturated carbocycles. The van der Waals surface area contributed by atoms with Crippen molar-refractivity contribution in [2.75, 3.05) is 11.9 Å². The van der Waals surface area contributed by atoms with Gasteiger partial charge in [0, 0.05) is 6.04 Å². The molecule has 0 spiro atoms. The van der Waals surface area contributed by atoms with E-state index in [1.807, 2.05) is 4.72 Å². The Morgan fingerprint density at radius 2 is 1.83 bits per heavy atom. The summed E-state index contributed by atoms with van der Waals surface area (Å²) in [6, 6.07) is 0.757. The Bertz CT molecular complexity index is 1120. The number of sulfone groups is 1. The molecule has 0 amide bonds. The third kappa shape index (κ3) is 5.08. The standard InChI is InChI=1S/C15H19F3N4O5S3/c1-8(7-23)21-30(26,27)11-4-5-12(13(6-11)29(24,25)15(16,17)18)19-9(2)14-10(3)20-22-28-14/h4-6,8-9,19,21,23H,7H2,1-3H3/t8-,9?/m1/s1. The van der Waals surface area contributed by atoms with Gasteiger partial charge in [0.2, 0.25) is 10.0 Å². The maximum atomic E-state index is 13.2. The number of halogens is 3. The Labute approximate surface area is 175 Å². The van der Waals surface area contributed by atoms with Gasteiger partial charge in [-0.1, -0.05) is 4.49 Å². The van der Waals surface area contributed by atoms with E-state index < -0.39 is 59.5 Å². The van der Waals surface area contributed by atoms with E-state index in [2.05, 4.69) is 14.9 Å². The molecule has 30 heavy (non-hydrogen) atoms. The molecule has 1 unspecified atom stereocenters. The molecule has 0 aliphatic rings. The molecular weight excluding hydrogens is 469 g/mol. The van der Waals surface area contributed by atoms with Gasteiger partial charge in [-0.2, -0.15) is 13.2 Å². The number of rotatable bonds is 8. The number of hydrogen-bond donors (Lipinski definition) is 3. The van der Waals surface area contributed by atoms with Crippen LogP contribution >= 0.6 is 11.5 Å². The maximum absolute atomic E-state index is 13.2. The van der Waals surface area contributed by atoms with Crippen molar-refractivity contribution in [3.63, 3.8) is 0 Å². The van der Waals surface area contributed by atoms with Crippen molar-refractivity contribution in [3.8, 4) is 0 Å². The van der Waals surface area contributed by atoms with Gasteiger partial charge in [-0.05, 0) is 50.5 Å². The summed E-state index contributed by atoms with van der Waals surface area (Å²) < 4.78 is 94.4. The molecule has 168 valence electrons. The van der Waals surface area contributed by atoms with Crippen LogP contribution in [0.15, 0.2) is 28.0 Å². The first-order valence-electron chi connectivity index (χ1n) is 8.34. The summed E-state index contributed by atoms with van der Waals surface area (Å²) in [5.41, 5.74) is -5.56. The predicted molar refractivity (Wildman–Crippen MR) is 103 cm³/mol. The van der Waals surface area contributed by atoms with E-state index in [1.54, 1.807) is 13.8 Å². The molecule has 1 heterocycles. The van der Waals surface area contributed by atoms with E-state index in [-0.39, 0.29) is 0 Å². The van der Waals surface area contributed by atoms with Crippen LogP contribution in [0, 0.1) is 6.92 Å². The van der Waals surface area contributed by atoms with Gasteiger partial charge in [-0.15, -0.1) is 5.10 Å². The molecule has 1 aromatic heterocycles. The van der Waals surface area contributed by atoms with Crippen LogP contribution in [0.4, 0.5) is 18.9 Å². The van der Waals surface area contributed by atoms with Gasteiger partial charge in [-0.3, -0.25) is 0 Å². The molecule has 9 nitrogen and oxygen atoms in total. The maximum Gasteiger partial charge on any atom is 0.501 e. The minimum Gasteiger partial charge on any atom is -0.395 e. The van der Waals surface area contributed by atoms with Crippen molar-refractivity contribution in [2.24, 2.45) is 0 Å². The number of benzene rings is 1. The SMILES string of the molecule is Cc1nnsc1C(C)Nc1ccc(S(=O)(=O)N[C@H](C)CO)cc1S(=O)(=O)C(F)(F)F. The Morgan fingerprint density at radius 1 is 1.20 bits per heavy atom. The van der Waals surface area contributed by atoms with Crippen molar-refractivity contribution in [2.45, 2.75) is 48.2 Å². The van der Waals surface area contributed by atoms with Crippen molar-refractivity contribution < 1.29 is 35.1 Å². The minimum absolute atomic E-state index is 0.429. The van der Waals surface area contributed by atoms with Gasteiger partial charge in [0.15, 0.2) is 0 Å². The Morgan fingerprint density at radius 3 is 2.33 bits per heavy atom. The van der Waals surface area contributed by atoms with Crippen molar-refractivity contribution in [1.82, 2.24) is 14.3 Å². The van der Waals surface area contributed by atoms with E-state index in [0.29, 0.717) is 16.6 Å². The Hall–Kier alpha value is -1.81. The lowest BCUT2D eigenvalue weighted by molar-refractivity contribution is -0.0435. The molecule has 0 fully saturated rings. The average molecular weight is 489 g/mol. The lowest BCUT2D eigenvalue weighted by Gasteiger charge is -2.19. The number of nitrogens with zero attached hydrogens (tertiary/aromatic N) is 2. The average Bonchev–Trinajstić information content (AvgIpc) is 3.06. The highest BCUT2D eigenvalue weighted by atomic mass is 32.2. The van der Waals surface area contributed by atoms with E-state index in [1.165, 1.54) is 6.92 Å². The first-order valence-corrected chi connectivity index (χ1v) is 12.1. The van der Waals surface area contributed by atoms with Crippen molar-refractivity contribution in [1.29, 1.82) is 0 Å². The number of alkyl halides is 3. The quantitative estimate of drug-likeness (QED) is 0.513. The van der Waals surface area contributed by atoms with Crippen LogP contribution in [0.1, 0.15) is 30.5 Å². The molecular formula is C15H19F3N4O5S3. The topological polar surface area (TPSA) is 138 Å². The fourth-order valence-corrected chi connectivity index (χ4v) is 5.36. The zero-order valence-corrected chi connectivity index (χ0v) is 18.4. The number of aliphatic hydroxyl groups is 1. The van der Waals surface area contributed by atoms with Crippen LogP contribution in [0.3, 0.4) is 0 Å². The van der Waals surface area contributed by atoms with Gasteiger partial charge >= 0.3 is 5.51 Å². The van der Waals surface area contributed by atoms with Gasteiger partial charge in [0.1, 0.15) is 4.90 Å². The third-order valence-corrected chi connectivity index (χ3v) is 8.06. The molecule has 2 rings (SSSR count). The molecule has 3 N–H and O–H groups in total. The molecule has 15 heteroatoms. The van der Waals surface area contributed by atoms with Crippen LogP contribution in [0.2, 0.25) is 0 Å². The second kappa shape index (κ2) is 8.74. The number of nitrogens with one attached hydrogen (secondary N) is 2. The zero-order valence-electron chi connectivity index (χ0n) is 15.9. The van der Waals surface area contributed by atoms with Gasteiger partial charge in [0.05, 0.1) is 33.8 Å². The summed E-state index contributed by atoms with van der Waals surface area (Å²) in [4.78, 5) is -1.36. The monoisotopic (exact) mass is 488 g/mol. The van der Waals surface area contributed by atoms with E-state index in [4.69, 9.17) is 5.11 Å². The van der Waals surface area contributed by atoms with Crippen LogP contribution < -0.4 is 10.0 Å². The number of aliphatic hydroxyl groups excluding tert-OH is 1. The van der Waals surface area contributed by atoms with Crippen molar-refractivity contribution in [3.05, 3.63) is 28.8 Å². The molecule has 0 radical (unpaired) electrons. The summed E-state index contributed by atoms with van der Waals surface area (Å²) in [6.07, 6.45) is 0. The predicted octanol–water partition coefficient (Wildman–Crippen LogP) is 1.97. The van der Waals surface area contributed by atoms with Gasteiger partial charge in [0.25, 0.3) is 9.84 Å². The van der Waals surface area contributed by atoms with Crippen LogP contribution in [-0.2, 0) is 19.9 Å².